The van der Waals surface area contributed by atoms with E-state index >= 15 is 0 Å². The number of allylic oxidation sites excluding steroid dienone is 2. The maximum atomic E-state index is 12.9. The van der Waals surface area contributed by atoms with E-state index in [1.165, 1.54) is 11.1 Å². The Morgan fingerprint density at radius 2 is 1.81 bits per heavy atom. The SMILES string of the molecule is NC(=C1CCCCC1=NCC(=O)Nc1ccc2c(c1)CCC2)C(F)(F)F. The van der Waals surface area contributed by atoms with Gasteiger partial charge >= 0.3 is 6.18 Å². The molecule has 1 saturated carbocycles. The van der Waals surface area contributed by atoms with Crippen molar-refractivity contribution in [2.45, 2.75) is 51.1 Å². The molecule has 2 aliphatic rings. The lowest BCUT2D eigenvalue weighted by Gasteiger charge is -2.20. The van der Waals surface area contributed by atoms with E-state index in [1.807, 2.05) is 18.2 Å². The molecule has 140 valence electrons. The number of nitrogens with two attached hydrogens (primary N) is 1. The van der Waals surface area contributed by atoms with Crippen molar-refractivity contribution in [3.63, 3.8) is 0 Å². The first kappa shape index (κ1) is 18.5. The number of rotatable bonds is 3. The number of alkyl halides is 3. The smallest absolute Gasteiger partial charge is 0.394 e. The molecule has 26 heavy (non-hydrogen) atoms. The Balaban J connectivity index is 1.68. The Labute approximate surface area is 150 Å². The van der Waals surface area contributed by atoms with Crippen LogP contribution in [0, 0.1) is 0 Å². The summed E-state index contributed by atoms with van der Waals surface area (Å²) >= 11 is 0. The van der Waals surface area contributed by atoms with Gasteiger partial charge in [-0.25, -0.2) is 0 Å². The number of fused-ring (bicyclic) bond motifs is 1. The summed E-state index contributed by atoms with van der Waals surface area (Å²) in [5.41, 5.74) is 7.77. The van der Waals surface area contributed by atoms with Crippen LogP contribution in [0.1, 0.15) is 43.2 Å². The van der Waals surface area contributed by atoms with Gasteiger partial charge < -0.3 is 11.1 Å². The number of hydrogen-bond acceptors (Lipinski definition) is 3. The van der Waals surface area contributed by atoms with Crippen molar-refractivity contribution in [1.29, 1.82) is 0 Å². The Kier molecular flexibility index (Phi) is 5.34. The lowest BCUT2D eigenvalue weighted by molar-refractivity contribution is -0.114. The van der Waals surface area contributed by atoms with Crippen LogP contribution in [0.3, 0.4) is 0 Å². The molecule has 0 radical (unpaired) electrons. The van der Waals surface area contributed by atoms with Crippen molar-refractivity contribution in [3.05, 3.63) is 40.6 Å². The van der Waals surface area contributed by atoms with Crippen LogP contribution in [0.15, 0.2) is 34.5 Å². The van der Waals surface area contributed by atoms with E-state index in [2.05, 4.69) is 10.3 Å². The minimum atomic E-state index is -4.57. The van der Waals surface area contributed by atoms with Gasteiger partial charge in [0.1, 0.15) is 12.2 Å². The average Bonchev–Trinajstić information content (AvgIpc) is 3.06. The Morgan fingerprint density at radius 3 is 2.58 bits per heavy atom. The standard InChI is InChI=1S/C19H22F3N3O/c20-19(21,22)18(23)15-6-1-2-7-16(15)24-11-17(26)25-14-9-8-12-4-3-5-13(12)10-14/h8-10H,1-7,11,23H2,(H,25,26). The van der Waals surface area contributed by atoms with E-state index in [0.717, 1.165) is 25.7 Å². The number of hydrogen-bond donors (Lipinski definition) is 2. The summed E-state index contributed by atoms with van der Waals surface area (Å²) in [5.74, 6) is -0.342. The second kappa shape index (κ2) is 7.51. The third-order valence-electron chi connectivity index (χ3n) is 4.86. The molecule has 7 heteroatoms. The highest BCUT2D eigenvalue weighted by Gasteiger charge is 2.35. The van der Waals surface area contributed by atoms with Gasteiger partial charge in [-0.3, -0.25) is 9.79 Å². The molecular formula is C19H22F3N3O. The minimum Gasteiger partial charge on any atom is -0.394 e. The number of anilines is 1. The van der Waals surface area contributed by atoms with Gasteiger partial charge in [0.2, 0.25) is 5.91 Å². The van der Waals surface area contributed by atoms with E-state index < -0.39 is 11.9 Å². The molecule has 0 unspecified atom stereocenters. The molecule has 0 bridgehead atoms. The molecule has 0 spiro atoms. The summed E-state index contributed by atoms with van der Waals surface area (Å²) in [6, 6.07) is 5.82. The van der Waals surface area contributed by atoms with E-state index in [9.17, 15) is 18.0 Å². The lowest BCUT2D eigenvalue weighted by atomic mass is 9.91. The number of halogens is 3. The fourth-order valence-electron chi connectivity index (χ4n) is 3.54. The van der Waals surface area contributed by atoms with Crippen molar-refractivity contribution >= 4 is 17.3 Å². The van der Waals surface area contributed by atoms with Gasteiger partial charge in [-0.2, -0.15) is 13.2 Å². The van der Waals surface area contributed by atoms with Gasteiger partial charge in [0.05, 0.1) is 0 Å². The molecule has 2 aliphatic carbocycles. The van der Waals surface area contributed by atoms with Gasteiger partial charge in [-0.15, -0.1) is 0 Å². The van der Waals surface area contributed by atoms with Gasteiger partial charge in [-0.05, 0) is 68.2 Å². The Morgan fingerprint density at radius 1 is 1.08 bits per heavy atom. The molecule has 4 nitrogen and oxygen atoms in total. The van der Waals surface area contributed by atoms with Crippen molar-refractivity contribution < 1.29 is 18.0 Å². The zero-order valence-corrected chi connectivity index (χ0v) is 14.5. The fraction of sp³-hybridized carbons (Fsp3) is 0.474. The zero-order chi connectivity index (χ0) is 18.7. The third-order valence-corrected chi connectivity index (χ3v) is 4.86. The number of carbonyl (C=O) groups is 1. The predicted molar refractivity (Wildman–Crippen MR) is 95.1 cm³/mol. The number of aliphatic imine (C=N–C) groups is 1. The quantitative estimate of drug-likeness (QED) is 0.853. The van der Waals surface area contributed by atoms with Crippen LogP contribution in [0.5, 0.6) is 0 Å². The van der Waals surface area contributed by atoms with E-state index in [0.29, 0.717) is 24.2 Å². The number of nitrogens with zero attached hydrogens (tertiary/aromatic N) is 1. The largest absolute Gasteiger partial charge is 0.431 e. The molecule has 3 N–H and O–H groups in total. The first-order valence-electron chi connectivity index (χ1n) is 8.86. The van der Waals surface area contributed by atoms with Crippen molar-refractivity contribution in [3.8, 4) is 0 Å². The van der Waals surface area contributed by atoms with E-state index in [4.69, 9.17) is 5.73 Å². The van der Waals surface area contributed by atoms with Gasteiger partial charge in [0.25, 0.3) is 0 Å². The van der Waals surface area contributed by atoms with Crippen molar-refractivity contribution in [1.82, 2.24) is 0 Å². The lowest BCUT2D eigenvalue weighted by Crippen LogP contribution is -2.27. The van der Waals surface area contributed by atoms with Crippen LogP contribution in [0.4, 0.5) is 18.9 Å². The molecule has 0 aromatic heterocycles. The van der Waals surface area contributed by atoms with Crippen LogP contribution in [-0.4, -0.2) is 24.3 Å². The van der Waals surface area contributed by atoms with Crippen molar-refractivity contribution in [2.24, 2.45) is 10.7 Å². The summed E-state index contributed by atoms with van der Waals surface area (Å²) in [4.78, 5) is 16.3. The fourth-order valence-corrected chi connectivity index (χ4v) is 3.54. The maximum Gasteiger partial charge on any atom is 0.431 e. The van der Waals surface area contributed by atoms with Crippen LogP contribution >= 0.6 is 0 Å². The van der Waals surface area contributed by atoms with Gasteiger partial charge in [0.15, 0.2) is 0 Å². The molecular weight excluding hydrogens is 343 g/mol. The van der Waals surface area contributed by atoms with Crippen LogP contribution < -0.4 is 11.1 Å². The normalized spacial score (nSPS) is 20.8. The minimum absolute atomic E-state index is 0.0362. The molecule has 1 aromatic rings. The average molecular weight is 365 g/mol. The molecule has 0 aliphatic heterocycles. The number of amides is 1. The highest BCUT2D eigenvalue weighted by molar-refractivity contribution is 6.03. The Bertz CT molecular complexity index is 766. The second-order valence-corrected chi connectivity index (χ2v) is 6.75. The monoisotopic (exact) mass is 365 g/mol. The number of carbonyl (C=O) groups excluding carboxylic acids is 1. The summed E-state index contributed by atoms with van der Waals surface area (Å²) in [5, 5.41) is 2.77. The Hall–Kier alpha value is -2.31. The van der Waals surface area contributed by atoms with Crippen molar-refractivity contribution in [2.75, 3.05) is 11.9 Å². The molecule has 0 saturated heterocycles. The molecule has 0 atom stereocenters. The zero-order valence-electron chi connectivity index (χ0n) is 14.5. The maximum absolute atomic E-state index is 12.9. The topological polar surface area (TPSA) is 67.5 Å². The predicted octanol–water partition coefficient (Wildman–Crippen LogP) is 3.90. The highest BCUT2D eigenvalue weighted by atomic mass is 19.4. The van der Waals surface area contributed by atoms with Gasteiger partial charge in [-0.1, -0.05) is 6.07 Å². The third kappa shape index (κ3) is 4.26. The second-order valence-electron chi connectivity index (χ2n) is 6.75. The summed E-state index contributed by atoms with van der Waals surface area (Å²) in [7, 11) is 0. The highest BCUT2D eigenvalue weighted by Crippen LogP contribution is 2.31. The van der Waals surface area contributed by atoms with Crippen LogP contribution in [-0.2, 0) is 17.6 Å². The summed E-state index contributed by atoms with van der Waals surface area (Å²) in [6.45, 7) is -0.207. The van der Waals surface area contributed by atoms with Gasteiger partial charge in [0, 0.05) is 17.0 Å². The van der Waals surface area contributed by atoms with E-state index in [-0.39, 0.29) is 24.4 Å². The number of aryl methyl sites for hydroxylation is 2. The number of nitrogens with one attached hydrogen (secondary N) is 1. The first-order chi connectivity index (χ1) is 12.3. The molecule has 1 fully saturated rings. The summed E-state index contributed by atoms with van der Waals surface area (Å²) in [6.07, 6.45) is 0.677. The molecule has 3 rings (SSSR count). The number of benzene rings is 1. The van der Waals surface area contributed by atoms with Crippen LogP contribution in [0.25, 0.3) is 0 Å². The molecule has 0 heterocycles. The summed E-state index contributed by atoms with van der Waals surface area (Å²) < 4.78 is 38.7. The van der Waals surface area contributed by atoms with Crippen LogP contribution in [0.2, 0.25) is 0 Å². The first-order valence-corrected chi connectivity index (χ1v) is 8.86. The molecule has 1 aromatic carbocycles. The van der Waals surface area contributed by atoms with E-state index in [1.54, 1.807) is 0 Å². The molecule has 1 amide bonds.